The average Bonchev–Trinajstić information content (AvgIpc) is 2.89. The molecule has 0 spiro atoms. The van der Waals surface area contributed by atoms with E-state index in [0.717, 1.165) is 36.7 Å². The van der Waals surface area contributed by atoms with Crippen LogP contribution in [0.1, 0.15) is 42.9 Å². The molecule has 1 N–H and O–H groups in total. The fraction of sp³-hybridized carbons (Fsp3) is 0.519. The second-order valence-corrected chi connectivity index (χ2v) is 11.6. The molecule has 2 aliphatic heterocycles. The molecule has 0 radical (unpaired) electrons. The van der Waals surface area contributed by atoms with Crippen LogP contribution in [0.2, 0.25) is 0 Å². The Morgan fingerprint density at radius 2 is 1.63 bits per heavy atom. The molecule has 2 heterocycles. The lowest BCUT2D eigenvalue weighted by Crippen LogP contribution is -2.40. The van der Waals surface area contributed by atoms with Crippen LogP contribution in [0.5, 0.6) is 0 Å². The van der Waals surface area contributed by atoms with Crippen molar-refractivity contribution in [3.05, 3.63) is 65.2 Å². The van der Waals surface area contributed by atoms with Crippen molar-refractivity contribution in [3.63, 3.8) is 0 Å². The van der Waals surface area contributed by atoms with Gasteiger partial charge in [0.15, 0.2) is 0 Å². The lowest BCUT2D eigenvalue weighted by molar-refractivity contribution is -0.121. The Morgan fingerprint density at radius 3 is 2.31 bits per heavy atom. The molecule has 2 aromatic rings. The van der Waals surface area contributed by atoms with Gasteiger partial charge in [0.05, 0.1) is 18.1 Å². The zero-order chi connectivity index (χ0) is 24.7. The van der Waals surface area contributed by atoms with E-state index in [-0.39, 0.29) is 10.8 Å². The van der Waals surface area contributed by atoms with Gasteiger partial charge in [0, 0.05) is 32.6 Å². The van der Waals surface area contributed by atoms with Crippen LogP contribution >= 0.6 is 0 Å². The summed E-state index contributed by atoms with van der Waals surface area (Å²) in [5, 5.41) is 3.06. The topological polar surface area (TPSA) is 79.0 Å². The first-order chi connectivity index (χ1) is 16.9. The Hall–Kier alpha value is -2.26. The Bertz CT molecular complexity index is 1070. The Balaban J connectivity index is 1.25. The number of carbonyl (C=O) groups is 1. The number of morpholine rings is 1. The normalized spacial score (nSPS) is 18.4. The van der Waals surface area contributed by atoms with Crippen LogP contribution in [-0.4, -0.2) is 62.9 Å². The number of nitrogens with zero attached hydrogens (tertiary/aromatic N) is 2. The predicted octanol–water partition coefficient (Wildman–Crippen LogP) is 3.19. The van der Waals surface area contributed by atoms with Crippen molar-refractivity contribution >= 4 is 15.9 Å². The molecule has 0 saturated carbocycles. The Morgan fingerprint density at radius 1 is 0.971 bits per heavy atom. The maximum Gasteiger partial charge on any atom is 0.243 e. The van der Waals surface area contributed by atoms with Crippen molar-refractivity contribution in [2.45, 2.75) is 50.6 Å². The van der Waals surface area contributed by atoms with Gasteiger partial charge in [-0.2, -0.15) is 4.31 Å². The minimum Gasteiger partial charge on any atom is -0.379 e. The highest BCUT2D eigenvalue weighted by molar-refractivity contribution is 7.89. The first-order valence-electron chi connectivity index (χ1n) is 12.6. The van der Waals surface area contributed by atoms with Crippen LogP contribution in [0.3, 0.4) is 0 Å². The number of piperidine rings is 1. The number of sulfonamides is 1. The summed E-state index contributed by atoms with van der Waals surface area (Å²) in [6.45, 7) is 7.65. The highest BCUT2D eigenvalue weighted by Crippen LogP contribution is 2.20. The summed E-state index contributed by atoms with van der Waals surface area (Å²) in [4.78, 5) is 15.3. The smallest absolute Gasteiger partial charge is 0.243 e. The number of aryl methyl sites for hydroxylation is 1. The third kappa shape index (κ3) is 7.13. The number of likely N-dealkylation sites (tertiary alicyclic amines) is 1. The molecular formula is C27H37N3O4S. The number of amides is 1. The van der Waals surface area contributed by atoms with Crippen LogP contribution in [0, 0.1) is 5.92 Å². The average molecular weight is 500 g/mol. The molecule has 2 fully saturated rings. The highest BCUT2D eigenvalue weighted by atomic mass is 32.2. The van der Waals surface area contributed by atoms with Gasteiger partial charge in [0.1, 0.15) is 0 Å². The largest absolute Gasteiger partial charge is 0.379 e. The third-order valence-electron chi connectivity index (χ3n) is 7.04. The molecule has 1 amide bonds. The summed E-state index contributed by atoms with van der Waals surface area (Å²) in [7, 11) is -3.50. The molecule has 2 aliphatic rings. The standard InChI is InChI=1S/C27H37N3O4S/c1-22-12-14-29(15-13-22)21-25-5-3-2-4-24(25)20-28-27(31)11-8-23-6-9-26(10-7-23)35(32,33)30-16-18-34-19-17-30/h2-7,9-10,22H,8,11-21H2,1H3,(H,28,31). The van der Waals surface area contributed by atoms with Crippen LogP contribution in [0.15, 0.2) is 53.4 Å². The number of nitrogens with one attached hydrogen (secondary N) is 1. The molecule has 190 valence electrons. The van der Waals surface area contributed by atoms with Crippen LogP contribution < -0.4 is 5.32 Å². The minimum atomic E-state index is -3.50. The lowest BCUT2D eigenvalue weighted by Gasteiger charge is -2.30. The zero-order valence-electron chi connectivity index (χ0n) is 20.6. The monoisotopic (exact) mass is 499 g/mol. The summed E-state index contributed by atoms with van der Waals surface area (Å²) in [6, 6.07) is 15.2. The molecular weight excluding hydrogens is 462 g/mol. The van der Waals surface area contributed by atoms with Crippen molar-refractivity contribution in [2.24, 2.45) is 5.92 Å². The van der Waals surface area contributed by atoms with Crippen molar-refractivity contribution in [1.82, 2.24) is 14.5 Å². The van der Waals surface area contributed by atoms with Gasteiger partial charge in [-0.15, -0.1) is 0 Å². The van der Waals surface area contributed by atoms with Crippen LogP contribution in [0.4, 0.5) is 0 Å². The van der Waals surface area contributed by atoms with Gasteiger partial charge in [0.25, 0.3) is 0 Å². The molecule has 35 heavy (non-hydrogen) atoms. The van der Waals surface area contributed by atoms with Crippen LogP contribution in [-0.2, 0) is 39.1 Å². The molecule has 4 rings (SSSR count). The second kappa shape index (κ2) is 12.1. The quantitative estimate of drug-likeness (QED) is 0.573. The summed E-state index contributed by atoms with van der Waals surface area (Å²) in [5.74, 6) is 0.808. The Kier molecular flexibility index (Phi) is 8.94. The SMILES string of the molecule is CC1CCN(Cc2ccccc2CNC(=O)CCc2ccc(S(=O)(=O)N3CCOCC3)cc2)CC1. The third-order valence-corrected chi connectivity index (χ3v) is 8.95. The van der Waals surface area contributed by atoms with E-state index in [9.17, 15) is 13.2 Å². The van der Waals surface area contributed by atoms with Gasteiger partial charge in [-0.05, 0) is 67.1 Å². The maximum atomic E-state index is 12.8. The van der Waals surface area contributed by atoms with Crippen LogP contribution in [0.25, 0.3) is 0 Å². The molecule has 2 saturated heterocycles. The number of benzene rings is 2. The minimum absolute atomic E-state index is 0.00313. The molecule has 0 aliphatic carbocycles. The van der Waals surface area contributed by atoms with E-state index < -0.39 is 10.0 Å². The number of hydrogen-bond donors (Lipinski definition) is 1. The van der Waals surface area contributed by atoms with Gasteiger partial charge >= 0.3 is 0 Å². The first-order valence-corrected chi connectivity index (χ1v) is 14.1. The van der Waals surface area contributed by atoms with Gasteiger partial charge in [-0.1, -0.05) is 43.3 Å². The first kappa shape index (κ1) is 25.8. The summed E-state index contributed by atoms with van der Waals surface area (Å²) in [5.41, 5.74) is 3.39. The second-order valence-electron chi connectivity index (χ2n) is 9.66. The van der Waals surface area contributed by atoms with E-state index in [4.69, 9.17) is 4.74 Å². The number of carbonyl (C=O) groups excluding carboxylic acids is 1. The molecule has 0 unspecified atom stereocenters. The molecule has 8 heteroatoms. The summed E-state index contributed by atoms with van der Waals surface area (Å²) in [6.07, 6.45) is 3.43. The van der Waals surface area contributed by atoms with Gasteiger partial charge in [-0.3, -0.25) is 9.69 Å². The van der Waals surface area contributed by atoms with Gasteiger partial charge < -0.3 is 10.1 Å². The predicted molar refractivity (Wildman–Crippen MR) is 136 cm³/mol. The molecule has 7 nitrogen and oxygen atoms in total. The van der Waals surface area contributed by atoms with E-state index >= 15 is 0 Å². The molecule has 0 atom stereocenters. The van der Waals surface area contributed by atoms with E-state index in [1.54, 1.807) is 24.3 Å². The van der Waals surface area contributed by atoms with Crippen molar-refractivity contribution in [3.8, 4) is 0 Å². The molecule has 0 bridgehead atoms. The van der Waals surface area contributed by atoms with Crippen molar-refractivity contribution < 1.29 is 17.9 Å². The Labute approximate surface area is 209 Å². The van der Waals surface area contributed by atoms with E-state index in [1.807, 2.05) is 6.07 Å². The van der Waals surface area contributed by atoms with Crippen molar-refractivity contribution in [2.75, 3.05) is 39.4 Å². The van der Waals surface area contributed by atoms with E-state index in [0.29, 0.717) is 45.7 Å². The molecule has 2 aromatic carbocycles. The van der Waals surface area contributed by atoms with Gasteiger partial charge in [-0.25, -0.2) is 8.42 Å². The summed E-state index contributed by atoms with van der Waals surface area (Å²) < 4.78 is 32.2. The van der Waals surface area contributed by atoms with Crippen molar-refractivity contribution in [1.29, 1.82) is 0 Å². The fourth-order valence-electron chi connectivity index (χ4n) is 4.65. The zero-order valence-corrected chi connectivity index (χ0v) is 21.4. The number of rotatable bonds is 9. The lowest BCUT2D eigenvalue weighted by atomic mass is 9.98. The molecule has 0 aromatic heterocycles. The summed E-state index contributed by atoms with van der Waals surface area (Å²) >= 11 is 0. The fourth-order valence-corrected chi connectivity index (χ4v) is 6.06. The number of hydrogen-bond acceptors (Lipinski definition) is 5. The van der Waals surface area contributed by atoms with Gasteiger partial charge in [0.2, 0.25) is 15.9 Å². The highest BCUT2D eigenvalue weighted by Gasteiger charge is 2.26. The maximum absolute atomic E-state index is 12.8. The van der Waals surface area contributed by atoms with E-state index in [2.05, 4.69) is 35.3 Å². The van der Waals surface area contributed by atoms with E-state index in [1.165, 1.54) is 22.7 Å². The number of ether oxygens (including phenoxy) is 1.